The number of benzene rings is 1. The van der Waals surface area contributed by atoms with E-state index in [0.717, 1.165) is 54.4 Å². The smallest absolute Gasteiger partial charge is 0.253 e. The minimum Gasteiger partial charge on any atom is -0.368 e. The van der Waals surface area contributed by atoms with E-state index >= 15 is 0 Å². The van der Waals surface area contributed by atoms with Crippen molar-refractivity contribution in [3.8, 4) is 11.4 Å². The van der Waals surface area contributed by atoms with Crippen molar-refractivity contribution in [2.75, 3.05) is 38.1 Å². The highest BCUT2D eigenvalue weighted by Gasteiger charge is 2.19. The van der Waals surface area contributed by atoms with Gasteiger partial charge in [0.05, 0.1) is 18.4 Å². The minimum atomic E-state index is 0.00921. The lowest BCUT2D eigenvalue weighted by Crippen LogP contribution is -2.44. The summed E-state index contributed by atoms with van der Waals surface area (Å²) in [6.45, 7) is 6.57. The number of imidazole rings is 1. The third-order valence-electron chi connectivity index (χ3n) is 6.24. The Morgan fingerprint density at radius 1 is 1.00 bits per heavy atom. The van der Waals surface area contributed by atoms with E-state index in [1.807, 2.05) is 43.6 Å². The Balaban J connectivity index is 1.63. The first-order chi connectivity index (χ1) is 15.5. The van der Waals surface area contributed by atoms with Gasteiger partial charge in [-0.3, -0.25) is 4.79 Å². The lowest BCUT2D eigenvalue weighted by atomic mass is 10.2. The Morgan fingerprint density at radius 2 is 1.75 bits per heavy atom. The first-order valence-corrected chi connectivity index (χ1v) is 11.0. The van der Waals surface area contributed by atoms with Gasteiger partial charge in [-0.1, -0.05) is 30.3 Å². The van der Waals surface area contributed by atoms with Crippen molar-refractivity contribution in [3.63, 3.8) is 0 Å². The second kappa shape index (κ2) is 8.24. The fourth-order valence-electron chi connectivity index (χ4n) is 4.37. The molecule has 1 aromatic carbocycles. The molecule has 4 heterocycles. The summed E-state index contributed by atoms with van der Waals surface area (Å²) in [6, 6.07) is 14.4. The van der Waals surface area contributed by atoms with E-state index in [2.05, 4.69) is 39.6 Å². The van der Waals surface area contributed by atoms with Crippen molar-refractivity contribution in [2.45, 2.75) is 13.5 Å². The Kier molecular flexibility index (Phi) is 5.27. The Labute approximate surface area is 187 Å². The summed E-state index contributed by atoms with van der Waals surface area (Å²) < 4.78 is 3.78. The van der Waals surface area contributed by atoms with Gasteiger partial charge in [0.15, 0.2) is 5.65 Å². The van der Waals surface area contributed by atoms with E-state index in [9.17, 15) is 4.79 Å². The number of likely N-dealkylation sites (N-methyl/N-ethyl adjacent to an activating group) is 1. The van der Waals surface area contributed by atoms with Crippen LogP contribution in [0, 0.1) is 6.92 Å². The van der Waals surface area contributed by atoms with Gasteiger partial charge in [0.1, 0.15) is 11.3 Å². The van der Waals surface area contributed by atoms with E-state index in [1.54, 1.807) is 11.6 Å². The van der Waals surface area contributed by atoms with Crippen LogP contribution in [0.2, 0.25) is 0 Å². The summed E-state index contributed by atoms with van der Waals surface area (Å²) in [5.74, 6) is 0.825. The first kappa shape index (κ1) is 20.5. The molecule has 0 spiro atoms. The summed E-state index contributed by atoms with van der Waals surface area (Å²) in [4.78, 5) is 26.8. The molecule has 0 amide bonds. The number of piperazine rings is 1. The summed E-state index contributed by atoms with van der Waals surface area (Å²) >= 11 is 0. The second-order valence-electron chi connectivity index (χ2n) is 8.66. The Morgan fingerprint density at radius 3 is 2.47 bits per heavy atom. The van der Waals surface area contributed by atoms with Gasteiger partial charge in [-0.25, -0.2) is 9.97 Å². The van der Waals surface area contributed by atoms with Gasteiger partial charge in [0.2, 0.25) is 0 Å². The van der Waals surface area contributed by atoms with Crippen molar-refractivity contribution in [1.82, 2.24) is 24.0 Å². The summed E-state index contributed by atoms with van der Waals surface area (Å²) in [6.07, 6.45) is 3.83. The maximum atomic E-state index is 12.3. The molecule has 0 aliphatic carbocycles. The van der Waals surface area contributed by atoms with Crippen molar-refractivity contribution >= 4 is 16.9 Å². The van der Waals surface area contributed by atoms with Crippen molar-refractivity contribution in [1.29, 1.82) is 0 Å². The van der Waals surface area contributed by atoms with Crippen molar-refractivity contribution < 1.29 is 0 Å². The lowest BCUT2D eigenvalue weighted by molar-refractivity contribution is 0.313. The number of hydrogen-bond acceptors (Lipinski definition) is 5. The highest BCUT2D eigenvalue weighted by Crippen LogP contribution is 2.27. The molecule has 0 atom stereocenters. The second-order valence-corrected chi connectivity index (χ2v) is 8.66. The van der Waals surface area contributed by atoms with Gasteiger partial charge in [0, 0.05) is 50.6 Å². The maximum Gasteiger partial charge on any atom is 0.253 e. The molecule has 1 saturated heterocycles. The summed E-state index contributed by atoms with van der Waals surface area (Å²) in [5, 5.41) is 0. The number of aromatic nitrogens is 4. The van der Waals surface area contributed by atoms with E-state index in [0.29, 0.717) is 12.1 Å². The standard InChI is InChI=1S/C25H28N6O/c1-18-13-20(17-29(3)25(18)32)23-27-22-14-21(30-11-9-28(2)10-12-30)15-26-24(22)31(23)16-19-7-5-4-6-8-19/h4-8,13-15,17H,9-12,16H2,1-3H3. The van der Waals surface area contributed by atoms with Crippen LogP contribution in [-0.4, -0.2) is 57.2 Å². The predicted octanol–water partition coefficient (Wildman–Crippen LogP) is 2.91. The molecule has 1 aliphatic heterocycles. The van der Waals surface area contributed by atoms with E-state index < -0.39 is 0 Å². The molecule has 0 radical (unpaired) electrons. The van der Waals surface area contributed by atoms with Crippen LogP contribution in [0.3, 0.4) is 0 Å². The maximum absolute atomic E-state index is 12.3. The lowest BCUT2D eigenvalue weighted by Gasteiger charge is -2.33. The SMILES string of the molecule is Cc1cc(-c2nc3cc(N4CCN(C)CC4)cnc3n2Cc2ccccc2)cn(C)c1=O. The number of aryl methyl sites for hydroxylation is 2. The van der Waals surface area contributed by atoms with Crippen LogP contribution < -0.4 is 10.5 Å². The number of rotatable bonds is 4. The van der Waals surface area contributed by atoms with Gasteiger partial charge >= 0.3 is 0 Å². The van der Waals surface area contributed by atoms with E-state index in [-0.39, 0.29) is 5.56 Å². The van der Waals surface area contributed by atoms with Crippen LogP contribution in [0.4, 0.5) is 5.69 Å². The highest BCUT2D eigenvalue weighted by molar-refractivity contribution is 5.80. The number of fused-ring (bicyclic) bond motifs is 1. The summed E-state index contributed by atoms with van der Waals surface area (Å²) in [7, 11) is 3.94. The number of pyridine rings is 2. The van der Waals surface area contributed by atoms with Crippen LogP contribution in [0.5, 0.6) is 0 Å². The van der Waals surface area contributed by atoms with Crippen LogP contribution in [0.25, 0.3) is 22.6 Å². The highest BCUT2D eigenvalue weighted by atomic mass is 16.1. The van der Waals surface area contributed by atoms with Crippen LogP contribution in [0.15, 0.2) is 59.7 Å². The van der Waals surface area contributed by atoms with Gasteiger partial charge in [-0.15, -0.1) is 0 Å². The molecular weight excluding hydrogens is 400 g/mol. The third kappa shape index (κ3) is 3.80. The molecule has 0 N–H and O–H groups in total. The zero-order valence-corrected chi connectivity index (χ0v) is 18.8. The molecule has 7 heteroatoms. The molecule has 0 bridgehead atoms. The normalized spacial score (nSPS) is 14.9. The monoisotopic (exact) mass is 428 g/mol. The molecular formula is C25H28N6O. The van der Waals surface area contributed by atoms with Gasteiger partial charge in [-0.05, 0) is 31.7 Å². The molecule has 1 aliphatic rings. The van der Waals surface area contributed by atoms with Crippen molar-refractivity contribution in [3.05, 3.63) is 76.3 Å². The molecule has 164 valence electrons. The Bertz CT molecular complexity index is 1290. The fourth-order valence-corrected chi connectivity index (χ4v) is 4.37. The average Bonchev–Trinajstić information content (AvgIpc) is 3.16. The summed E-state index contributed by atoms with van der Waals surface area (Å²) in [5.41, 5.74) is 5.65. The predicted molar refractivity (Wildman–Crippen MR) is 128 cm³/mol. The Hall–Kier alpha value is -3.45. The quantitative estimate of drug-likeness (QED) is 0.500. The minimum absolute atomic E-state index is 0.00921. The number of anilines is 1. The van der Waals surface area contributed by atoms with E-state index in [1.165, 1.54) is 5.56 Å². The average molecular weight is 429 g/mol. The number of nitrogens with zero attached hydrogens (tertiary/aromatic N) is 6. The van der Waals surface area contributed by atoms with Crippen LogP contribution in [-0.2, 0) is 13.6 Å². The molecule has 5 rings (SSSR count). The zero-order valence-electron chi connectivity index (χ0n) is 18.8. The molecule has 32 heavy (non-hydrogen) atoms. The molecule has 0 unspecified atom stereocenters. The largest absolute Gasteiger partial charge is 0.368 e. The van der Waals surface area contributed by atoms with Gasteiger partial charge in [-0.2, -0.15) is 0 Å². The van der Waals surface area contributed by atoms with Crippen LogP contribution >= 0.6 is 0 Å². The molecule has 4 aromatic rings. The zero-order chi connectivity index (χ0) is 22.2. The topological polar surface area (TPSA) is 59.2 Å². The molecule has 1 fully saturated rings. The molecule has 3 aromatic heterocycles. The van der Waals surface area contributed by atoms with Crippen molar-refractivity contribution in [2.24, 2.45) is 7.05 Å². The van der Waals surface area contributed by atoms with Crippen LogP contribution in [0.1, 0.15) is 11.1 Å². The number of hydrogen-bond donors (Lipinski definition) is 0. The van der Waals surface area contributed by atoms with Gasteiger partial charge < -0.3 is 18.9 Å². The van der Waals surface area contributed by atoms with Gasteiger partial charge in [0.25, 0.3) is 5.56 Å². The van der Waals surface area contributed by atoms with E-state index in [4.69, 9.17) is 9.97 Å². The third-order valence-corrected chi connectivity index (χ3v) is 6.24. The molecule has 0 saturated carbocycles. The molecule has 7 nitrogen and oxygen atoms in total. The first-order valence-electron chi connectivity index (χ1n) is 11.0. The fraction of sp³-hybridized carbons (Fsp3) is 0.320.